The predicted molar refractivity (Wildman–Crippen MR) is 154 cm³/mol. The normalized spacial score (nSPS) is 11.2. The molecule has 202 valence electrons. The van der Waals surface area contributed by atoms with Crippen molar-refractivity contribution in [3.8, 4) is 21.9 Å². The fourth-order valence-electron chi connectivity index (χ4n) is 3.89. The lowest BCUT2D eigenvalue weighted by molar-refractivity contribution is -0.121. The number of halogens is 2. The molecule has 0 aliphatic rings. The van der Waals surface area contributed by atoms with E-state index in [2.05, 4.69) is 15.5 Å². The van der Waals surface area contributed by atoms with E-state index in [4.69, 9.17) is 21.1 Å². The van der Waals surface area contributed by atoms with Gasteiger partial charge in [0.25, 0.3) is 11.5 Å². The summed E-state index contributed by atoms with van der Waals surface area (Å²) in [6.45, 7) is -0.325. The molecule has 3 aromatic carbocycles. The first-order chi connectivity index (χ1) is 19.4. The van der Waals surface area contributed by atoms with Crippen molar-refractivity contribution in [2.24, 2.45) is 5.10 Å². The topological polar surface area (TPSA) is 94.8 Å². The number of methoxy groups -OCH3 is 1. The minimum Gasteiger partial charge on any atom is -0.493 e. The average molecular weight is 577 g/mol. The molecule has 0 aliphatic carbocycles. The SMILES string of the molecule is COc1cc(/C=N/NC(=O)Cn2cnc3sc(-c4ccccc4)cc3c2=O)ccc1OCc1c(F)cccc1Cl. The van der Waals surface area contributed by atoms with E-state index in [1.165, 1.54) is 47.7 Å². The van der Waals surface area contributed by atoms with Gasteiger partial charge in [0.05, 0.1) is 30.1 Å². The molecule has 2 aromatic heterocycles. The minimum atomic E-state index is -0.494. The van der Waals surface area contributed by atoms with Crippen LogP contribution in [0.3, 0.4) is 0 Å². The predicted octanol–water partition coefficient (Wildman–Crippen LogP) is 5.66. The van der Waals surface area contributed by atoms with E-state index in [-0.39, 0.29) is 29.3 Å². The first-order valence-electron chi connectivity index (χ1n) is 12.0. The van der Waals surface area contributed by atoms with Crippen LogP contribution >= 0.6 is 22.9 Å². The Morgan fingerprint density at radius 2 is 1.95 bits per heavy atom. The van der Waals surface area contributed by atoms with Gasteiger partial charge in [-0.1, -0.05) is 48.0 Å². The molecule has 0 saturated heterocycles. The standard InChI is InChI=1S/C29H22ClFN4O4S/c1-38-25-12-18(10-11-24(25)39-16-21-22(30)8-5-9-23(21)31)14-33-34-27(36)15-35-17-32-28-20(29(35)37)13-26(40-28)19-6-3-2-4-7-19/h2-14,17H,15-16H2,1H3,(H,34,36)/b33-14+. The van der Waals surface area contributed by atoms with E-state index < -0.39 is 11.7 Å². The van der Waals surface area contributed by atoms with Gasteiger partial charge in [-0.3, -0.25) is 14.2 Å². The maximum Gasteiger partial charge on any atom is 0.262 e. The molecule has 0 fully saturated rings. The van der Waals surface area contributed by atoms with Crippen molar-refractivity contribution in [1.82, 2.24) is 15.0 Å². The molecule has 40 heavy (non-hydrogen) atoms. The molecule has 5 aromatic rings. The summed E-state index contributed by atoms with van der Waals surface area (Å²) in [5, 5.41) is 4.69. The zero-order valence-corrected chi connectivity index (χ0v) is 22.7. The molecule has 5 rings (SSSR count). The highest BCUT2D eigenvalue weighted by Crippen LogP contribution is 2.31. The molecule has 0 bridgehead atoms. The highest BCUT2D eigenvalue weighted by Gasteiger charge is 2.13. The summed E-state index contributed by atoms with van der Waals surface area (Å²) < 4.78 is 26.4. The molecule has 2 heterocycles. The number of nitrogens with zero attached hydrogens (tertiary/aromatic N) is 3. The molecule has 8 nitrogen and oxygen atoms in total. The summed E-state index contributed by atoms with van der Waals surface area (Å²) in [6.07, 6.45) is 2.78. The number of hydrazone groups is 1. The van der Waals surface area contributed by atoms with Crippen molar-refractivity contribution in [2.45, 2.75) is 13.2 Å². The van der Waals surface area contributed by atoms with Gasteiger partial charge >= 0.3 is 0 Å². The maximum absolute atomic E-state index is 14.0. The molecule has 0 saturated carbocycles. The Morgan fingerprint density at radius 1 is 1.12 bits per heavy atom. The summed E-state index contributed by atoms with van der Waals surface area (Å²) in [5.41, 5.74) is 3.95. The largest absolute Gasteiger partial charge is 0.493 e. The van der Waals surface area contributed by atoms with Crippen LogP contribution in [-0.2, 0) is 17.9 Å². The number of aromatic nitrogens is 2. The van der Waals surface area contributed by atoms with Crippen LogP contribution in [-0.4, -0.2) is 28.8 Å². The lowest BCUT2D eigenvalue weighted by Gasteiger charge is -2.12. The summed E-state index contributed by atoms with van der Waals surface area (Å²) in [6, 6.07) is 20.9. The van der Waals surface area contributed by atoms with E-state index in [1.807, 2.05) is 30.3 Å². The number of ether oxygens (including phenoxy) is 2. The van der Waals surface area contributed by atoms with Crippen molar-refractivity contribution < 1.29 is 18.7 Å². The van der Waals surface area contributed by atoms with Gasteiger partial charge in [-0.25, -0.2) is 14.8 Å². The second-order valence-electron chi connectivity index (χ2n) is 8.57. The third kappa shape index (κ3) is 6.03. The first kappa shape index (κ1) is 27.0. The van der Waals surface area contributed by atoms with E-state index in [9.17, 15) is 14.0 Å². The summed E-state index contributed by atoms with van der Waals surface area (Å²) >= 11 is 7.48. The number of carbonyl (C=O) groups excluding carboxylic acids is 1. The summed E-state index contributed by atoms with van der Waals surface area (Å²) in [4.78, 5) is 31.3. The Bertz CT molecular complexity index is 1750. The Morgan fingerprint density at radius 3 is 2.73 bits per heavy atom. The number of amides is 1. The second-order valence-corrected chi connectivity index (χ2v) is 10.0. The second kappa shape index (κ2) is 12.1. The fourth-order valence-corrected chi connectivity index (χ4v) is 5.10. The smallest absolute Gasteiger partial charge is 0.262 e. The number of hydrogen-bond acceptors (Lipinski definition) is 7. The van der Waals surface area contributed by atoms with Gasteiger partial charge < -0.3 is 9.47 Å². The van der Waals surface area contributed by atoms with Gasteiger partial charge in [0.15, 0.2) is 11.5 Å². The molecular formula is C29H22ClFN4O4S. The lowest BCUT2D eigenvalue weighted by atomic mass is 10.2. The van der Waals surface area contributed by atoms with Crippen molar-refractivity contribution >= 4 is 45.3 Å². The zero-order valence-electron chi connectivity index (χ0n) is 21.1. The van der Waals surface area contributed by atoms with Crippen LogP contribution in [0.15, 0.2) is 89.0 Å². The van der Waals surface area contributed by atoms with Crippen LogP contribution in [0.1, 0.15) is 11.1 Å². The molecule has 1 N–H and O–H groups in total. The van der Waals surface area contributed by atoms with Crippen LogP contribution in [0.25, 0.3) is 20.7 Å². The van der Waals surface area contributed by atoms with E-state index in [0.29, 0.717) is 27.3 Å². The number of carbonyl (C=O) groups is 1. The molecule has 11 heteroatoms. The van der Waals surface area contributed by atoms with E-state index in [0.717, 1.165) is 10.4 Å². The quantitative estimate of drug-likeness (QED) is 0.181. The third-order valence-corrected chi connectivity index (χ3v) is 7.36. The molecule has 0 radical (unpaired) electrons. The lowest BCUT2D eigenvalue weighted by Crippen LogP contribution is -2.29. The Balaban J connectivity index is 1.22. The van der Waals surface area contributed by atoms with Gasteiger partial charge in [0.2, 0.25) is 0 Å². The first-order valence-corrected chi connectivity index (χ1v) is 13.2. The summed E-state index contributed by atoms with van der Waals surface area (Å²) in [7, 11) is 1.47. The van der Waals surface area contributed by atoms with Crippen molar-refractivity contribution in [1.29, 1.82) is 0 Å². The third-order valence-electron chi connectivity index (χ3n) is 5.91. The zero-order chi connectivity index (χ0) is 28.1. The van der Waals surface area contributed by atoms with Crippen LogP contribution in [0.5, 0.6) is 11.5 Å². The number of hydrogen-bond donors (Lipinski definition) is 1. The van der Waals surface area contributed by atoms with Crippen molar-refractivity contribution in [3.05, 3.63) is 111 Å². The van der Waals surface area contributed by atoms with Crippen molar-refractivity contribution in [3.63, 3.8) is 0 Å². The van der Waals surface area contributed by atoms with E-state index in [1.54, 1.807) is 30.3 Å². The Kier molecular flexibility index (Phi) is 8.18. The molecular weight excluding hydrogens is 555 g/mol. The molecule has 1 amide bonds. The Labute approximate surface area is 237 Å². The van der Waals surface area contributed by atoms with Crippen LogP contribution < -0.4 is 20.5 Å². The molecule has 0 unspecified atom stereocenters. The molecule has 0 spiro atoms. The summed E-state index contributed by atoms with van der Waals surface area (Å²) in [5.74, 6) is -0.184. The van der Waals surface area contributed by atoms with Crippen LogP contribution in [0, 0.1) is 5.82 Å². The highest BCUT2D eigenvalue weighted by molar-refractivity contribution is 7.21. The van der Waals surface area contributed by atoms with Crippen LogP contribution in [0.4, 0.5) is 4.39 Å². The van der Waals surface area contributed by atoms with Gasteiger partial charge in [-0.15, -0.1) is 11.3 Å². The van der Waals surface area contributed by atoms with Gasteiger partial charge in [0.1, 0.15) is 23.8 Å². The number of nitrogens with one attached hydrogen (secondary N) is 1. The van der Waals surface area contributed by atoms with Gasteiger partial charge in [0, 0.05) is 10.4 Å². The van der Waals surface area contributed by atoms with Gasteiger partial charge in [-0.2, -0.15) is 5.10 Å². The Hall–Kier alpha value is -4.54. The molecule has 0 atom stereocenters. The highest BCUT2D eigenvalue weighted by atomic mass is 35.5. The van der Waals surface area contributed by atoms with Crippen LogP contribution in [0.2, 0.25) is 5.02 Å². The number of benzene rings is 3. The average Bonchev–Trinajstić information content (AvgIpc) is 3.41. The maximum atomic E-state index is 14.0. The van der Waals surface area contributed by atoms with Crippen molar-refractivity contribution in [2.75, 3.05) is 7.11 Å². The number of thiophene rings is 1. The number of fused-ring (bicyclic) bond motifs is 1. The molecule has 0 aliphatic heterocycles. The number of rotatable bonds is 9. The minimum absolute atomic E-state index is 0.0790. The monoisotopic (exact) mass is 576 g/mol. The van der Waals surface area contributed by atoms with E-state index >= 15 is 0 Å². The van der Waals surface area contributed by atoms with Gasteiger partial charge in [-0.05, 0) is 47.5 Å². The fraction of sp³-hybridized carbons (Fsp3) is 0.103.